The van der Waals surface area contributed by atoms with Gasteiger partial charge in [0.15, 0.2) is 18.7 Å². The molecule has 0 spiro atoms. The molecule has 2 aliphatic rings. The molecule has 15 heteroatoms. The van der Waals surface area contributed by atoms with Gasteiger partial charge in [0, 0.05) is 12.8 Å². The molecule has 11 atom stereocenters. The van der Waals surface area contributed by atoms with Crippen LogP contribution in [0.15, 0.2) is 60.8 Å². The molecule has 0 aliphatic carbocycles. The second kappa shape index (κ2) is 42.5. The lowest BCUT2D eigenvalue weighted by Gasteiger charge is -2.42. The van der Waals surface area contributed by atoms with Crippen LogP contribution in [0.25, 0.3) is 0 Å². The average molecular weight is 1010 g/mol. The fourth-order valence-electron chi connectivity index (χ4n) is 8.30. The highest BCUT2D eigenvalue weighted by molar-refractivity contribution is 5.70. The first kappa shape index (κ1) is 64.3. The third kappa shape index (κ3) is 30.2. The molecule has 0 saturated carbocycles. The van der Waals surface area contributed by atoms with Crippen LogP contribution >= 0.6 is 0 Å². The number of ether oxygens (including phenoxy) is 6. The number of unbranched alkanes of at least 4 members (excludes halogenated alkanes) is 18. The van der Waals surface area contributed by atoms with E-state index in [1.807, 2.05) is 0 Å². The summed E-state index contributed by atoms with van der Waals surface area (Å²) >= 11 is 0. The van der Waals surface area contributed by atoms with E-state index < -0.39 is 99.3 Å². The smallest absolute Gasteiger partial charge is 0.306 e. The van der Waals surface area contributed by atoms with E-state index >= 15 is 0 Å². The monoisotopic (exact) mass is 1010 g/mol. The molecule has 2 aliphatic heterocycles. The van der Waals surface area contributed by atoms with Crippen molar-refractivity contribution in [1.82, 2.24) is 0 Å². The summed E-state index contributed by atoms with van der Waals surface area (Å²) in [6.07, 6.45) is 32.4. The third-order valence-electron chi connectivity index (χ3n) is 12.8. The lowest BCUT2D eigenvalue weighted by Crippen LogP contribution is -2.61. The number of esters is 2. The molecule has 2 rings (SSSR count). The van der Waals surface area contributed by atoms with Gasteiger partial charge in [0.1, 0.15) is 55.4 Å². The van der Waals surface area contributed by atoms with Crippen molar-refractivity contribution in [1.29, 1.82) is 0 Å². The molecule has 7 N–H and O–H groups in total. The summed E-state index contributed by atoms with van der Waals surface area (Å²) in [5, 5.41) is 72.2. The summed E-state index contributed by atoms with van der Waals surface area (Å²) in [4.78, 5) is 25.8. The molecular weight excluding hydrogens is 913 g/mol. The van der Waals surface area contributed by atoms with Gasteiger partial charge in [-0.25, -0.2) is 0 Å². The van der Waals surface area contributed by atoms with E-state index in [9.17, 15) is 45.3 Å². The van der Waals surface area contributed by atoms with Gasteiger partial charge in [-0.2, -0.15) is 0 Å². The molecule has 0 bridgehead atoms. The minimum atomic E-state index is -1.77. The van der Waals surface area contributed by atoms with Crippen LogP contribution in [0.1, 0.15) is 187 Å². The van der Waals surface area contributed by atoms with E-state index in [1.165, 1.54) is 77.0 Å². The largest absolute Gasteiger partial charge is 0.462 e. The maximum atomic E-state index is 13.0. The Bertz CT molecular complexity index is 1470. The summed E-state index contributed by atoms with van der Waals surface area (Å²) in [5.41, 5.74) is 0. The lowest BCUT2D eigenvalue weighted by molar-refractivity contribution is -0.332. The topological polar surface area (TPSA) is 231 Å². The summed E-state index contributed by atoms with van der Waals surface area (Å²) in [6.45, 7) is 2.45. The molecule has 0 radical (unpaired) electrons. The average Bonchev–Trinajstić information content (AvgIpc) is 3.36. The summed E-state index contributed by atoms with van der Waals surface area (Å²) in [5.74, 6) is -0.960. The summed E-state index contributed by atoms with van der Waals surface area (Å²) < 4.78 is 33.6. The number of carbonyl (C=O) groups excluding carboxylic acids is 2. The lowest BCUT2D eigenvalue weighted by atomic mass is 9.98. The number of rotatable bonds is 42. The van der Waals surface area contributed by atoms with Crippen molar-refractivity contribution in [3.8, 4) is 0 Å². The van der Waals surface area contributed by atoms with Gasteiger partial charge in [-0.15, -0.1) is 0 Å². The van der Waals surface area contributed by atoms with Gasteiger partial charge < -0.3 is 64.2 Å². The molecule has 0 amide bonds. The van der Waals surface area contributed by atoms with E-state index in [-0.39, 0.29) is 19.4 Å². The molecule has 11 unspecified atom stereocenters. The van der Waals surface area contributed by atoms with Gasteiger partial charge >= 0.3 is 11.9 Å². The third-order valence-corrected chi connectivity index (χ3v) is 12.8. The number of hydrogen-bond acceptors (Lipinski definition) is 15. The Morgan fingerprint density at radius 3 is 1.39 bits per heavy atom. The number of aliphatic hydroxyl groups is 7. The maximum absolute atomic E-state index is 13.0. The van der Waals surface area contributed by atoms with Crippen LogP contribution in [0, 0.1) is 0 Å². The van der Waals surface area contributed by atoms with Gasteiger partial charge in [0.05, 0.1) is 19.8 Å². The van der Waals surface area contributed by atoms with Crippen molar-refractivity contribution < 1.29 is 73.8 Å². The number of carbonyl (C=O) groups is 2. The maximum Gasteiger partial charge on any atom is 0.306 e. The minimum absolute atomic E-state index is 0.125. The van der Waals surface area contributed by atoms with Crippen molar-refractivity contribution in [2.75, 3.05) is 26.4 Å². The van der Waals surface area contributed by atoms with Gasteiger partial charge in [0.2, 0.25) is 0 Å². The van der Waals surface area contributed by atoms with Gasteiger partial charge in [-0.3, -0.25) is 9.59 Å². The molecule has 2 saturated heterocycles. The normalized spacial score (nSPS) is 25.6. The Hall–Kier alpha value is -2.80. The number of aliphatic hydroxyl groups excluding tert-OH is 7. The Labute approximate surface area is 426 Å². The number of hydrogen-bond donors (Lipinski definition) is 7. The van der Waals surface area contributed by atoms with E-state index in [0.717, 1.165) is 70.6 Å². The van der Waals surface area contributed by atoms with Crippen LogP contribution in [0.4, 0.5) is 0 Å². The number of allylic oxidation sites excluding steroid dienone is 10. The molecule has 2 fully saturated rings. The Balaban J connectivity index is 1.80. The van der Waals surface area contributed by atoms with Crippen molar-refractivity contribution >= 4 is 11.9 Å². The molecule has 15 nitrogen and oxygen atoms in total. The van der Waals surface area contributed by atoms with Crippen molar-refractivity contribution in [2.45, 2.75) is 255 Å². The molecule has 71 heavy (non-hydrogen) atoms. The van der Waals surface area contributed by atoms with Gasteiger partial charge in [-0.1, -0.05) is 177 Å². The van der Waals surface area contributed by atoms with E-state index in [0.29, 0.717) is 12.8 Å². The summed E-state index contributed by atoms with van der Waals surface area (Å²) in [6, 6.07) is 0. The highest BCUT2D eigenvalue weighted by atomic mass is 16.7. The minimum Gasteiger partial charge on any atom is -0.462 e. The van der Waals surface area contributed by atoms with Gasteiger partial charge in [0.25, 0.3) is 0 Å². The van der Waals surface area contributed by atoms with Crippen LogP contribution in [-0.4, -0.2) is 142 Å². The second-order valence-electron chi connectivity index (χ2n) is 19.0. The zero-order valence-electron chi connectivity index (χ0n) is 43.4. The molecule has 0 aromatic rings. The van der Waals surface area contributed by atoms with Crippen LogP contribution in [-0.2, 0) is 38.0 Å². The van der Waals surface area contributed by atoms with Crippen LogP contribution < -0.4 is 0 Å². The Morgan fingerprint density at radius 2 is 0.887 bits per heavy atom. The fourth-order valence-corrected chi connectivity index (χ4v) is 8.30. The van der Waals surface area contributed by atoms with Crippen molar-refractivity contribution in [3.63, 3.8) is 0 Å². The van der Waals surface area contributed by atoms with Crippen LogP contribution in [0.5, 0.6) is 0 Å². The zero-order chi connectivity index (χ0) is 51.7. The zero-order valence-corrected chi connectivity index (χ0v) is 43.4. The standard InChI is InChI=1S/C56H96O15/c1-3-5-7-9-11-13-15-17-19-21-22-23-25-27-29-31-33-35-37-39-48(59)69-44(41-66-47(58)38-36-34-32-30-28-26-24-20-18-16-14-12-10-8-6-4-2)42-67-55-54(65)52(63)50(61)46(71-55)43-68-56-53(64)51(62)49(60)45(40-57)70-56/h5,7,11,13,17,19,22-23,27,29,44-46,49-57,60-65H,3-4,6,8-10,12,14-16,18,20-21,24-26,28,30-43H2,1-2H3/b7-5-,13-11-,19-17-,23-22-,29-27-. The SMILES string of the molecule is CC/C=C\C/C=C\C/C=C\C/C=C\C/C=C\CCCCCC(=O)OC(COC(=O)CCCCCCCCCCCCCCCCCC)COC1OC(COC2OC(CO)C(O)C(O)C2O)C(O)C(O)C1O. The fraction of sp³-hybridized carbons (Fsp3) is 0.786. The van der Waals surface area contributed by atoms with E-state index in [1.54, 1.807) is 0 Å². The highest BCUT2D eigenvalue weighted by Crippen LogP contribution is 2.26. The Morgan fingerprint density at radius 1 is 0.465 bits per heavy atom. The molecule has 410 valence electrons. The van der Waals surface area contributed by atoms with Crippen molar-refractivity contribution in [2.24, 2.45) is 0 Å². The van der Waals surface area contributed by atoms with E-state index in [4.69, 9.17) is 28.4 Å². The first-order chi connectivity index (χ1) is 34.5. The van der Waals surface area contributed by atoms with E-state index in [2.05, 4.69) is 74.6 Å². The van der Waals surface area contributed by atoms with Crippen LogP contribution in [0.2, 0.25) is 0 Å². The molecule has 0 aromatic carbocycles. The molecule has 0 aromatic heterocycles. The summed E-state index contributed by atoms with van der Waals surface area (Å²) in [7, 11) is 0. The Kier molecular flexibility index (Phi) is 38.5. The first-order valence-electron chi connectivity index (χ1n) is 27.4. The molecular formula is C56H96O15. The van der Waals surface area contributed by atoms with Gasteiger partial charge in [-0.05, 0) is 57.8 Å². The first-order valence-corrected chi connectivity index (χ1v) is 27.4. The second-order valence-corrected chi connectivity index (χ2v) is 19.0. The highest BCUT2D eigenvalue weighted by Gasteiger charge is 2.47. The predicted octanol–water partition coefficient (Wildman–Crippen LogP) is 8.44. The molecule has 2 heterocycles. The predicted molar refractivity (Wildman–Crippen MR) is 275 cm³/mol. The van der Waals surface area contributed by atoms with Crippen molar-refractivity contribution in [3.05, 3.63) is 60.8 Å². The van der Waals surface area contributed by atoms with Crippen LogP contribution in [0.3, 0.4) is 0 Å². The quantitative estimate of drug-likeness (QED) is 0.0173.